The zero-order valence-electron chi connectivity index (χ0n) is 11.6. The van der Waals surface area contributed by atoms with E-state index in [4.69, 9.17) is 9.47 Å². The molecule has 1 N–H and O–H groups in total. The van der Waals surface area contributed by atoms with Crippen LogP contribution in [0.1, 0.15) is 26.2 Å². The molecule has 1 aromatic carbocycles. The van der Waals surface area contributed by atoms with Gasteiger partial charge in [0.05, 0.1) is 19.1 Å². The van der Waals surface area contributed by atoms with E-state index in [-0.39, 0.29) is 4.90 Å². The number of ether oxygens (including phenoxy) is 2. The monoisotopic (exact) mass is 287 g/mol. The maximum atomic E-state index is 12.1. The molecule has 0 fully saturated rings. The molecule has 5 nitrogen and oxygen atoms in total. The summed E-state index contributed by atoms with van der Waals surface area (Å²) >= 11 is 0. The standard InChI is InChI=1S/C13H21NO4S/c1-4-5-6-9-14-19(15,16)11-7-8-12(17-2)13(10-11)18-3/h7-8,10,14H,4-6,9H2,1-3H3. The summed E-state index contributed by atoms with van der Waals surface area (Å²) in [7, 11) is -0.500. The molecular formula is C13H21NO4S. The van der Waals surface area contributed by atoms with Gasteiger partial charge in [-0.2, -0.15) is 0 Å². The minimum absolute atomic E-state index is 0.182. The van der Waals surface area contributed by atoms with Gasteiger partial charge in [0.1, 0.15) is 0 Å². The number of rotatable bonds is 8. The Balaban J connectivity index is 2.83. The largest absolute Gasteiger partial charge is 0.493 e. The Morgan fingerprint density at radius 2 is 1.79 bits per heavy atom. The lowest BCUT2D eigenvalue weighted by Crippen LogP contribution is -2.24. The molecule has 0 aliphatic heterocycles. The van der Waals surface area contributed by atoms with Gasteiger partial charge in [-0.15, -0.1) is 0 Å². The first kappa shape index (κ1) is 15.8. The minimum Gasteiger partial charge on any atom is -0.493 e. The number of unbranched alkanes of at least 4 members (excludes halogenated alkanes) is 2. The van der Waals surface area contributed by atoms with Gasteiger partial charge < -0.3 is 9.47 Å². The van der Waals surface area contributed by atoms with Crippen LogP contribution in [0, 0.1) is 0 Å². The highest BCUT2D eigenvalue weighted by Crippen LogP contribution is 2.29. The van der Waals surface area contributed by atoms with Crippen molar-refractivity contribution in [2.45, 2.75) is 31.1 Å². The Labute approximate surface area is 115 Å². The molecule has 0 atom stereocenters. The summed E-state index contributed by atoms with van der Waals surface area (Å²) in [4.78, 5) is 0.182. The van der Waals surface area contributed by atoms with Crippen molar-refractivity contribution in [2.24, 2.45) is 0 Å². The Morgan fingerprint density at radius 3 is 2.37 bits per heavy atom. The van der Waals surface area contributed by atoms with Gasteiger partial charge in [0.25, 0.3) is 0 Å². The summed E-state index contributed by atoms with van der Waals surface area (Å²) in [5, 5.41) is 0. The van der Waals surface area contributed by atoms with Crippen LogP contribution in [0.15, 0.2) is 23.1 Å². The van der Waals surface area contributed by atoms with Crippen LogP contribution in [-0.2, 0) is 10.0 Å². The van der Waals surface area contributed by atoms with E-state index in [2.05, 4.69) is 11.6 Å². The van der Waals surface area contributed by atoms with Gasteiger partial charge in [0.2, 0.25) is 10.0 Å². The van der Waals surface area contributed by atoms with Crippen LogP contribution in [0.25, 0.3) is 0 Å². The molecule has 0 bridgehead atoms. The molecular weight excluding hydrogens is 266 g/mol. The zero-order valence-corrected chi connectivity index (χ0v) is 12.4. The molecule has 0 heterocycles. The minimum atomic E-state index is -3.48. The maximum absolute atomic E-state index is 12.1. The van der Waals surface area contributed by atoms with Crippen molar-refractivity contribution in [3.63, 3.8) is 0 Å². The van der Waals surface area contributed by atoms with E-state index in [0.29, 0.717) is 18.0 Å². The summed E-state index contributed by atoms with van der Waals surface area (Å²) in [6.07, 6.45) is 2.90. The molecule has 0 aliphatic carbocycles. The second-order valence-corrected chi connectivity index (χ2v) is 5.89. The third-order valence-electron chi connectivity index (χ3n) is 2.74. The van der Waals surface area contributed by atoms with Crippen molar-refractivity contribution >= 4 is 10.0 Å². The highest BCUT2D eigenvalue weighted by Gasteiger charge is 2.16. The van der Waals surface area contributed by atoms with E-state index < -0.39 is 10.0 Å². The molecule has 0 aliphatic rings. The van der Waals surface area contributed by atoms with Crippen LogP contribution in [0.2, 0.25) is 0 Å². The third-order valence-corrected chi connectivity index (χ3v) is 4.20. The fourth-order valence-electron chi connectivity index (χ4n) is 1.65. The fourth-order valence-corrected chi connectivity index (χ4v) is 2.74. The molecule has 0 radical (unpaired) electrons. The molecule has 0 amide bonds. The summed E-state index contributed by atoms with van der Waals surface area (Å²) in [6.45, 7) is 2.52. The summed E-state index contributed by atoms with van der Waals surface area (Å²) < 4.78 is 36.9. The first-order valence-electron chi connectivity index (χ1n) is 6.27. The Bertz CT molecular complexity index is 499. The van der Waals surface area contributed by atoms with Crippen LogP contribution in [0.3, 0.4) is 0 Å². The van der Waals surface area contributed by atoms with E-state index >= 15 is 0 Å². The number of benzene rings is 1. The average Bonchev–Trinajstić information content (AvgIpc) is 2.42. The first-order valence-corrected chi connectivity index (χ1v) is 7.75. The van der Waals surface area contributed by atoms with E-state index in [1.165, 1.54) is 26.4 Å². The number of nitrogens with one attached hydrogen (secondary N) is 1. The normalized spacial score (nSPS) is 11.3. The molecule has 0 saturated carbocycles. The van der Waals surface area contributed by atoms with E-state index in [1.54, 1.807) is 6.07 Å². The molecule has 6 heteroatoms. The van der Waals surface area contributed by atoms with Gasteiger partial charge in [-0.3, -0.25) is 0 Å². The Kier molecular flexibility index (Phi) is 6.11. The Hall–Kier alpha value is -1.27. The van der Waals surface area contributed by atoms with E-state index in [1.807, 2.05) is 0 Å². The summed E-state index contributed by atoms with van der Waals surface area (Å²) in [5.41, 5.74) is 0. The topological polar surface area (TPSA) is 64.6 Å². The van der Waals surface area contributed by atoms with Crippen LogP contribution < -0.4 is 14.2 Å². The van der Waals surface area contributed by atoms with Crippen LogP contribution >= 0.6 is 0 Å². The van der Waals surface area contributed by atoms with Crippen LogP contribution in [0.5, 0.6) is 11.5 Å². The van der Waals surface area contributed by atoms with Gasteiger partial charge in [-0.25, -0.2) is 13.1 Å². The van der Waals surface area contributed by atoms with Gasteiger partial charge >= 0.3 is 0 Å². The lowest BCUT2D eigenvalue weighted by atomic mass is 10.3. The summed E-state index contributed by atoms with van der Waals surface area (Å²) in [6, 6.07) is 4.55. The quantitative estimate of drug-likeness (QED) is 0.744. The number of methoxy groups -OCH3 is 2. The highest BCUT2D eigenvalue weighted by molar-refractivity contribution is 7.89. The van der Waals surface area contributed by atoms with Crippen LogP contribution in [-0.4, -0.2) is 29.2 Å². The second-order valence-electron chi connectivity index (χ2n) is 4.12. The van der Waals surface area contributed by atoms with E-state index in [9.17, 15) is 8.42 Å². The fraction of sp³-hybridized carbons (Fsp3) is 0.538. The molecule has 19 heavy (non-hydrogen) atoms. The van der Waals surface area contributed by atoms with Gasteiger partial charge in [-0.1, -0.05) is 19.8 Å². The van der Waals surface area contributed by atoms with Gasteiger partial charge in [0.15, 0.2) is 11.5 Å². The number of sulfonamides is 1. The predicted octanol–water partition coefficient (Wildman–Crippen LogP) is 2.17. The highest BCUT2D eigenvalue weighted by atomic mass is 32.2. The Morgan fingerprint density at radius 1 is 1.11 bits per heavy atom. The van der Waals surface area contributed by atoms with Crippen LogP contribution in [0.4, 0.5) is 0 Å². The third kappa shape index (κ3) is 4.40. The molecule has 0 spiro atoms. The smallest absolute Gasteiger partial charge is 0.240 e. The van der Waals surface area contributed by atoms with Gasteiger partial charge in [-0.05, 0) is 18.6 Å². The summed E-state index contributed by atoms with van der Waals surface area (Å²) in [5.74, 6) is 0.909. The van der Waals surface area contributed by atoms with Crippen molar-refractivity contribution in [1.29, 1.82) is 0 Å². The average molecular weight is 287 g/mol. The molecule has 0 unspecified atom stereocenters. The van der Waals surface area contributed by atoms with E-state index in [0.717, 1.165) is 19.3 Å². The van der Waals surface area contributed by atoms with Crippen molar-refractivity contribution < 1.29 is 17.9 Å². The van der Waals surface area contributed by atoms with Gasteiger partial charge in [0, 0.05) is 12.6 Å². The zero-order chi connectivity index (χ0) is 14.3. The van der Waals surface area contributed by atoms with Crippen molar-refractivity contribution in [2.75, 3.05) is 20.8 Å². The second kappa shape index (κ2) is 7.35. The molecule has 1 rings (SSSR count). The SMILES string of the molecule is CCCCCNS(=O)(=O)c1ccc(OC)c(OC)c1. The predicted molar refractivity (Wildman–Crippen MR) is 74.3 cm³/mol. The lowest BCUT2D eigenvalue weighted by molar-refractivity contribution is 0.354. The molecule has 0 aromatic heterocycles. The van der Waals surface area contributed by atoms with Crippen molar-refractivity contribution in [3.05, 3.63) is 18.2 Å². The molecule has 108 valence electrons. The number of hydrogen-bond donors (Lipinski definition) is 1. The lowest BCUT2D eigenvalue weighted by Gasteiger charge is -2.10. The first-order chi connectivity index (χ1) is 9.05. The molecule has 1 aromatic rings. The number of hydrogen-bond acceptors (Lipinski definition) is 4. The van der Waals surface area contributed by atoms with Crippen molar-refractivity contribution in [1.82, 2.24) is 4.72 Å². The maximum Gasteiger partial charge on any atom is 0.240 e. The molecule has 0 saturated heterocycles. The van der Waals surface area contributed by atoms with Crippen molar-refractivity contribution in [3.8, 4) is 11.5 Å².